The van der Waals surface area contributed by atoms with Crippen LogP contribution in [0.3, 0.4) is 0 Å². The molecular weight excluding hydrogens is 353 g/mol. The molecule has 0 radical (unpaired) electrons. The molecule has 1 N–H and O–H groups in total. The van der Waals surface area contributed by atoms with Crippen molar-refractivity contribution in [2.24, 2.45) is 4.99 Å². The van der Waals surface area contributed by atoms with Crippen LogP contribution >= 0.6 is 0 Å². The van der Waals surface area contributed by atoms with Crippen LogP contribution in [-0.4, -0.2) is 27.2 Å². The first-order valence-electron chi connectivity index (χ1n) is 8.63. The van der Waals surface area contributed by atoms with E-state index in [1.54, 1.807) is 6.07 Å². The molecule has 0 aliphatic carbocycles. The highest BCUT2D eigenvalue weighted by Crippen LogP contribution is 2.34. The third-order valence-electron chi connectivity index (χ3n) is 4.84. The van der Waals surface area contributed by atoms with Crippen LogP contribution in [0.4, 0.5) is 15.8 Å². The predicted octanol–water partition coefficient (Wildman–Crippen LogP) is 3.01. The van der Waals surface area contributed by atoms with Gasteiger partial charge in [0, 0.05) is 17.0 Å². The summed E-state index contributed by atoms with van der Waals surface area (Å²) in [7, 11) is 0. The molecule has 2 heterocycles. The summed E-state index contributed by atoms with van der Waals surface area (Å²) in [5, 5.41) is 3.45. The van der Waals surface area contributed by atoms with Crippen molar-refractivity contribution < 1.29 is 13.2 Å². The average Bonchev–Trinajstić information content (AvgIpc) is 3.15. The van der Waals surface area contributed by atoms with Gasteiger partial charge in [-0.2, -0.15) is 0 Å². The molecule has 2 atom stereocenters. The molecule has 0 aromatic heterocycles. The maximum absolute atomic E-state index is 13.8. The summed E-state index contributed by atoms with van der Waals surface area (Å²) in [6.45, 7) is 1.41. The Morgan fingerprint density at radius 1 is 1.31 bits per heavy atom. The van der Waals surface area contributed by atoms with E-state index in [2.05, 4.69) is 5.32 Å². The number of halogens is 1. The SMILES string of the molecule is O=S([O-])Cc1cccc2c1CN(c1cccc(F)c1)C([C@@H]1CCCN1)=N2. The third kappa shape index (κ3) is 3.42. The van der Waals surface area contributed by atoms with Gasteiger partial charge in [0.05, 0.1) is 18.3 Å². The first-order chi connectivity index (χ1) is 12.6. The van der Waals surface area contributed by atoms with Crippen LogP contribution in [0, 0.1) is 5.82 Å². The molecule has 2 aromatic carbocycles. The quantitative estimate of drug-likeness (QED) is 0.838. The van der Waals surface area contributed by atoms with Crippen molar-refractivity contribution in [3.63, 3.8) is 0 Å². The van der Waals surface area contributed by atoms with Gasteiger partial charge in [-0.15, -0.1) is 0 Å². The van der Waals surface area contributed by atoms with Crippen LogP contribution in [-0.2, 0) is 23.4 Å². The van der Waals surface area contributed by atoms with E-state index in [0.29, 0.717) is 6.54 Å². The fourth-order valence-corrected chi connectivity index (χ4v) is 4.16. The van der Waals surface area contributed by atoms with Crippen LogP contribution in [0.1, 0.15) is 24.0 Å². The minimum atomic E-state index is -2.17. The number of aliphatic imine (C=N–C) groups is 1. The van der Waals surface area contributed by atoms with E-state index >= 15 is 0 Å². The number of amidine groups is 1. The van der Waals surface area contributed by atoms with Gasteiger partial charge in [-0.3, -0.25) is 4.21 Å². The zero-order valence-electron chi connectivity index (χ0n) is 14.2. The van der Waals surface area contributed by atoms with Crippen LogP contribution in [0.25, 0.3) is 0 Å². The Morgan fingerprint density at radius 3 is 2.88 bits per heavy atom. The molecule has 5 nitrogen and oxygen atoms in total. The maximum atomic E-state index is 13.8. The van der Waals surface area contributed by atoms with E-state index in [0.717, 1.165) is 47.7 Å². The number of anilines is 1. The van der Waals surface area contributed by atoms with Gasteiger partial charge in [0.15, 0.2) is 0 Å². The summed E-state index contributed by atoms with van der Waals surface area (Å²) >= 11 is -2.17. The molecule has 0 amide bonds. The zero-order chi connectivity index (χ0) is 18.1. The second kappa shape index (κ2) is 7.26. The van der Waals surface area contributed by atoms with Crippen molar-refractivity contribution in [3.05, 3.63) is 59.4 Å². The van der Waals surface area contributed by atoms with Crippen molar-refractivity contribution in [2.45, 2.75) is 31.2 Å². The lowest BCUT2D eigenvalue weighted by atomic mass is 10.0. The van der Waals surface area contributed by atoms with Crippen molar-refractivity contribution in [3.8, 4) is 0 Å². The fraction of sp³-hybridized carbons (Fsp3) is 0.316. The maximum Gasteiger partial charge on any atom is 0.127 e. The van der Waals surface area contributed by atoms with E-state index < -0.39 is 11.1 Å². The van der Waals surface area contributed by atoms with Gasteiger partial charge in [-0.25, -0.2) is 9.38 Å². The second-order valence-corrected chi connectivity index (χ2v) is 7.44. The Morgan fingerprint density at radius 2 is 2.15 bits per heavy atom. The lowest BCUT2D eigenvalue weighted by molar-refractivity contribution is 0.536. The van der Waals surface area contributed by atoms with Crippen LogP contribution in [0.15, 0.2) is 47.5 Å². The Labute approximate surface area is 154 Å². The number of nitrogens with one attached hydrogen (secondary N) is 1. The van der Waals surface area contributed by atoms with Crippen LogP contribution < -0.4 is 10.2 Å². The van der Waals surface area contributed by atoms with Gasteiger partial charge in [0.2, 0.25) is 0 Å². The summed E-state index contributed by atoms with van der Waals surface area (Å²) in [6, 6.07) is 12.1. The Kier molecular flexibility index (Phi) is 4.84. The molecule has 1 fully saturated rings. The molecule has 2 aromatic rings. The number of hydrogen-bond acceptors (Lipinski definition) is 5. The van der Waals surface area contributed by atoms with Gasteiger partial charge in [-0.05, 0) is 49.2 Å². The monoisotopic (exact) mass is 372 g/mol. The van der Waals surface area contributed by atoms with Crippen molar-refractivity contribution in [1.29, 1.82) is 0 Å². The summed E-state index contributed by atoms with van der Waals surface area (Å²) < 4.78 is 36.2. The molecule has 4 rings (SSSR count). The molecule has 2 aliphatic heterocycles. The highest BCUT2D eigenvalue weighted by Gasteiger charge is 2.30. The third-order valence-corrected chi connectivity index (χ3v) is 5.39. The molecule has 2 aliphatic rings. The smallest absolute Gasteiger partial charge is 0.127 e. The molecular formula is C19H19FN3O2S-. The van der Waals surface area contributed by atoms with E-state index in [1.165, 1.54) is 12.1 Å². The molecule has 136 valence electrons. The minimum absolute atomic E-state index is 0.0489. The molecule has 0 saturated carbocycles. The molecule has 1 saturated heterocycles. The van der Waals surface area contributed by atoms with Gasteiger partial charge >= 0.3 is 0 Å². The Balaban J connectivity index is 1.80. The number of fused-ring (bicyclic) bond motifs is 1. The highest BCUT2D eigenvalue weighted by atomic mass is 32.2. The van der Waals surface area contributed by atoms with Gasteiger partial charge in [0.25, 0.3) is 0 Å². The average molecular weight is 372 g/mol. The van der Waals surface area contributed by atoms with Gasteiger partial charge in [0.1, 0.15) is 11.7 Å². The van der Waals surface area contributed by atoms with E-state index in [1.807, 2.05) is 29.2 Å². The van der Waals surface area contributed by atoms with Crippen LogP contribution in [0.2, 0.25) is 0 Å². The number of hydrogen-bond donors (Lipinski definition) is 1. The molecule has 26 heavy (non-hydrogen) atoms. The first kappa shape index (κ1) is 17.3. The van der Waals surface area contributed by atoms with Crippen molar-refractivity contribution in [1.82, 2.24) is 5.32 Å². The summed E-state index contributed by atoms with van der Waals surface area (Å²) in [5.74, 6) is 0.508. The van der Waals surface area contributed by atoms with E-state index in [9.17, 15) is 13.2 Å². The lowest BCUT2D eigenvalue weighted by Gasteiger charge is -2.34. The zero-order valence-corrected chi connectivity index (χ0v) is 15.0. The highest BCUT2D eigenvalue weighted by molar-refractivity contribution is 7.78. The predicted molar refractivity (Wildman–Crippen MR) is 99.8 cm³/mol. The molecule has 1 unspecified atom stereocenters. The molecule has 0 bridgehead atoms. The lowest BCUT2D eigenvalue weighted by Crippen LogP contribution is -2.45. The molecule has 0 spiro atoms. The molecule has 7 heteroatoms. The summed E-state index contributed by atoms with van der Waals surface area (Å²) in [4.78, 5) is 6.83. The summed E-state index contributed by atoms with van der Waals surface area (Å²) in [5.41, 5.74) is 3.13. The minimum Gasteiger partial charge on any atom is -0.772 e. The fourth-order valence-electron chi connectivity index (χ4n) is 3.63. The largest absolute Gasteiger partial charge is 0.772 e. The van der Waals surface area contributed by atoms with Crippen molar-refractivity contribution in [2.75, 3.05) is 11.4 Å². The topological polar surface area (TPSA) is 67.8 Å². The van der Waals surface area contributed by atoms with Crippen LogP contribution in [0.5, 0.6) is 0 Å². The number of nitrogens with zero attached hydrogens (tertiary/aromatic N) is 2. The Hall–Kier alpha value is -2.09. The van der Waals surface area contributed by atoms with Crippen molar-refractivity contribution >= 4 is 28.3 Å². The Bertz CT molecular complexity index is 881. The number of rotatable bonds is 4. The first-order valence-corrected chi connectivity index (χ1v) is 9.88. The van der Waals surface area contributed by atoms with E-state index in [4.69, 9.17) is 4.99 Å². The van der Waals surface area contributed by atoms with E-state index in [-0.39, 0.29) is 17.6 Å². The van der Waals surface area contributed by atoms with Gasteiger partial charge in [-0.1, -0.05) is 29.3 Å². The number of benzene rings is 2. The summed E-state index contributed by atoms with van der Waals surface area (Å²) in [6.07, 6.45) is 2.05. The second-order valence-electron chi connectivity index (χ2n) is 6.55. The normalized spacial score (nSPS) is 20.6. The van der Waals surface area contributed by atoms with Gasteiger partial charge < -0.3 is 14.8 Å². The standard InChI is InChI=1S/C19H20FN3O2S/c20-14-5-2-6-15(10-14)23-11-16-13(12-26(24)25)4-1-7-17(16)22-19(23)18-8-3-9-21-18/h1-2,4-7,10,18,21H,3,8-9,11-12H2,(H,24,25)/p-1/t18-/m0/s1.